The second kappa shape index (κ2) is 6.33. The Balaban J connectivity index is 2.15. The van der Waals surface area contributed by atoms with Crippen LogP contribution in [0.5, 0.6) is 0 Å². The van der Waals surface area contributed by atoms with E-state index in [-0.39, 0.29) is 12.1 Å². The molecule has 0 saturated heterocycles. The van der Waals surface area contributed by atoms with Crippen LogP contribution in [0.25, 0.3) is 0 Å². The van der Waals surface area contributed by atoms with Crippen molar-refractivity contribution in [3.63, 3.8) is 0 Å². The van der Waals surface area contributed by atoms with E-state index >= 15 is 0 Å². The quantitative estimate of drug-likeness (QED) is 0.634. The van der Waals surface area contributed by atoms with Gasteiger partial charge in [0.2, 0.25) is 0 Å². The maximum absolute atomic E-state index is 10.6. The summed E-state index contributed by atoms with van der Waals surface area (Å²) in [5.74, 6) is -0.927. The zero-order valence-corrected chi connectivity index (χ0v) is 13.0. The first kappa shape index (κ1) is 14.9. The standard InChI is InChI=1S/C11H7BrN2O4S2/c12-8-4-7(14(17)18)1-2-9(8)20-11-13-6(5-19-11)3-10(15)16/h1-2,4-5H,3H2,(H,15,16). The molecule has 104 valence electrons. The van der Waals surface area contributed by atoms with E-state index < -0.39 is 10.9 Å². The molecule has 0 amide bonds. The Hall–Kier alpha value is -1.45. The molecule has 1 N–H and O–H groups in total. The minimum Gasteiger partial charge on any atom is -0.481 e. The lowest BCUT2D eigenvalue weighted by Gasteiger charge is -2.01. The molecule has 0 atom stereocenters. The maximum atomic E-state index is 10.6. The van der Waals surface area contributed by atoms with E-state index in [0.717, 1.165) is 4.90 Å². The largest absolute Gasteiger partial charge is 0.481 e. The molecule has 20 heavy (non-hydrogen) atoms. The van der Waals surface area contributed by atoms with Gasteiger partial charge in [0, 0.05) is 26.9 Å². The number of nitro benzene ring substituents is 1. The van der Waals surface area contributed by atoms with Gasteiger partial charge in [0.15, 0.2) is 4.34 Å². The Kier molecular flexibility index (Phi) is 4.73. The molecular formula is C11H7BrN2O4S2. The molecule has 0 saturated carbocycles. The monoisotopic (exact) mass is 374 g/mol. The summed E-state index contributed by atoms with van der Waals surface area (Å²) in [5.41, 5.74) is 0.509. The predicted molar refractivity (Wildman–Crippen MR) is 78.4 cm³/mol. The Morgan fingerprint density at radius 3 is 2.90 bits per heavy atom. The Labute approximate surface area is 130 Å². The van der Waals surface area contributed by atoms with Gasteiger partial charge in [-0.3, -0.25) is 14.9 Å². The molecule has 0 aliphatic heterocycles. The summed E-state index contributed by atoms with van der Waals surface area (Å²) in [6.45, 7) is 0. The Morgan fingerprint density at radius 2 is 2.30 bits per heavy atom. The molecule has 0 bridgehead atoms. The summed E-state index contributed by atoms with van der Waals surface area (Å²) >= 11 is 5.94. The SMILES string of the molecule is O=C(O)Cc1csc(Sc2ccc([N+](=O)[O-])cc2Br)n1. The summed E-state index contributed by atoms with van der Waals surface area (Å²) in [4.78, 5) is 25.7. The van der Waals surface area contributed by atoms with E-state index in [1.807, 2.05) is 0 Å². The molecule has 6 nitrogen and oxygen atoms in total. The minimum absolute atomic E-state index is 0.00642. The number of aliphatic carboxylic acids is 1. The number of carboxylic acid groups (broad SMARTS) is 1. The molecule has 2 rings (SSSR count). The number of carbonyl (C=O) groups is 1. The number of hydrogen-bond donors (Lipinski definition) is 1. The average molecular weight is 375 g/mol. The number of rotatable bonds is 5. The number of halogens is 1. The van der Waals surface area contributed by atoms with Crippen LogP contribution in [0.3, 0.4) is 0 Å². The van der Waals surface area contributed by atoms with Crippen molar-refractivity contribution in [1.29, 1.82) is 0 Å². The van der Waals surface area contributed by atoms with Crippen molar-refractivity contribution in [1.82, 2.24) is 4.98 Å². The van der Waals surface area contributed by atoms with Crippen molar-refractivity contribution in [3.05, 3.63) is 43.9 Å². The maximum Gasteiger partial charge on any atom is 0.309 e. The third-order valence-electron chi connectivity index (χ3n) is 2.19. The van der Waals surface area contributed by atoms with Crippen LogP contribution in [0.1, 0.15) is 5.69 Å². The highest BCUT2D eigenvalue weighted by atomic mass is 79.9. The van der Waals surface area contributed by atoms with Crippen LogP contribution in [-0.4, -0.2) is 21.0 Å². The number of nitrogens with zero attached hydrogens (tertiary/aromatic N) is 2. The number of non-ortho nitro benzene ring substituents is 1. The fourth-order valence-electron chi connectivity index (χ4n) is 1.35. The summed E-state index contributed by atoms with van der Waals surface area (Å²) < 4.78 is 1.29. The normalized spacial score (nSPS) is 10.4. The van der Waals surface area contributed by atoms with Gasteiger partial charge in [0.1, 0.15) is 0 Å². The number of aromatic nitrogens is 1. The first-order chi connectivity index (χ1) is 9.45. The number of nitro groups is 1. The van der Waals surface area contributed by atoms with Gasteiger partial charge in [0.25, 0.3) is 5.69 Å². The summed E-state index contributed by atoms with van der Waals surface area (Å²) in [6, 6.07) is 4.47. The lowest BCUT2D eigenvalue weighted by Crippen LogP contribution is -1.99. The van der Waals surface area contributed by atoms with Crippen molar-refractivity contribution in [3.8, 4) is 0 Å². The van der Waals surface area contributed by atoms with Gasteiger partial charge in [0.05, 0.1) is 17.0 Å². The molecular weight excluding hydrogens is 368 g/mol. The van der Waals surface area contributed by atoms with Gasteiger partial charge in [-0.1, -0.05) is 11.8 Å². The van der Waals surface area contributed by atoms with E-state index in [0.29, 0.717) is 14.5 Å². The van der Waals surface area contributed by atoms with Gasteiger partial charge in [-0.15, -0.1) is 11.3 Å². The zero-order chi connectivity index (χ0) is 14.7. The van der Waals surface area contributed by atoms with Crippen LogP contribution in [0.2, 0.25) is 0 Å². The van der Waals surface area contributed by atoms with Gasteiger partial charge >= 0.3 is 5.97 Å². The van der Waals surface area contributed by atoms with E-state index in [2.05, 4.69) is 20.9 Å². The Morgan fingerprint density at radius 1 is 1.55 bits per heavy atom. The van der Waals surface area contributed by atoms with Crippen LogP contribution in [0.15, 0.2) is 37.3 Å². The number of hydrogen-bond acceptors (Lipinski definition) is 6. The van der Waals surface area contributed by atoms with Gasteiger partial charge in [-0.05, 0) is 22.0 Å². The zero-order valence-electron chi connectivity index (χ0n) is 9.78. The molecule has 0 spiro atoms. The lowest BCUT2D eigenvalue weighted by molar-refractivity contribution is -0.385. The van der Waals surface area contributed by atoms with Crippen LogP contribution in [0.4, 0.5) is 5.69 Å². The van der Waals surface area contributed by atoms with Crippen LogP contribution in [0, 0.1) is 10.1 Å². The van der Waals surface area contributed by atoms with E-state index in [9.17, 15) is 14.9 Å². The van der Waals surface area contributed by atoms with Crippen molar-refractivity contribution in [2.45, 2.75) is 15.7 Å². The van der Waals surface area contributed by atoms with Crippen LogP contribution >= 0.6 is 39.0 Å². The fraction of sp³-hybridized carbons (Fsp3) is 0.0909. The van der Waals surface area contributed by atoms with E-state index in [1.54, 1.807) is 11.4 Å². The Bertz CT molecular complexity index is 674. The molecule has 9 heteroatoms. The fourth-order valence-corrected chi connectivity index (χ4v) is 3.75. The highest BCUT2D eigenvalue weighted by Crippen LogP contribution is 2.36. The molecule has 1 aromatic carbocycles. The highest BCUT2D eigenvalue weighted by molar-refractivity contribution is 9.10. The van der Waals surface area contributed by atoms with Crippen molar-refractivity contribution in [2.75, 3.05) is 0 Å². The van der Waals surface area contributed by atoms with Gasteiger partial charge in [-0.25, -0.2) is 4.98 Å². The molecule has 0 aliphatic rings. The van der Waals surface area contributed by atoms with Gasteiger partial charge in [-0.2, -0.15) is 0 Å². The molecule has 2 aromatic rings. The lowest BCUT2D eigenvalue weighted by atomic mass is 10.3. The second-order valence-corrected chi connectivity index (χ2v) is 6.65. The average Bonchev–Trinajstić information content (AvgIpc) is 2.78. The first-order valence-corrected chi connectivity index (χ1v) is 7.72. The first-order valence-electron chi connectivity index (χ1n) is 5.23. The number of carboxylic acids is 1. The molecule has 0 unspecified atom stereocenters. The van der Waals surface area contributed by atoms with E-state index in [4.69, 9.17) is 5.11 Å². The summed E-state index contributed by atoms with van der Waals surface area (Å²) in [5, 5.41) is 21.0. The van der Waals surface area contributed by atoms with E-state index in [1.165, 1.54) is 35.2 Å². The number of thiazole rings is 1. The third kappa shape index (κ3) is 3.78. The van der Waals surface area contributed by atoms with Crippen LogP contribution < -0.4 is 0 Å². The topological polar surface area (TPSA) is 93.3 Å². The van der Waals surface area contributed by atoms with Crippen molar-refractivity contribution < 1.29 is 14.8 Å². The third-order valence-corrected chi connectivity index (χ3v) is 5.17. The molecule has 0 aliphatic carbocycles. The summed E-state index contributed by atoms with van der Waals surface area (Å²) in [7, 11) is 0. The van der Waals surface area contributed by atoms with Gasteiger partial charge < -0.3 is 5.11 Å². The number of benzene rings is 1. The molecule has 1 heterocycles. The van der Waals surface area contributed by atoms with Crippen molar-refractivity contribution >= 4 is 50.7 Å². The minimum atomic E-state index is -0.927. The predicted octanol–water partition coefficient (Wildman–Crippen LogP) is 3.59. The highest BCUT2D eigenvalue weighted by Gasteiger charge is 2.12. The summed E-state index contributed by atoms with van der Waals surface area (Å²) in [6.07, 6.45) is -0.113. The smallest absolute Gasteiger partial charge is 0.309 e. The molecule has 0 radical (unpaired) electrons. The molecule has 0 fully saturated rings. The van der Waals surface area contributed by atoms with Crippen LogP contribution in [-0.2, 0) is 11.2 Å². The van der Waals surface area contributed by atoms with Crippen molar-refractivity contribution in [2.24, 2.45) is 0 Å². The molecule has 1 aromatic heterocycles. The second-order valence-electron chi connectivity index (χ2n) is 3.65.